The van der Waals surface area contributed by atoms with Crippen LogP contribution in [0.5, 0.6) is 0 Å². The lowest BCUT2D eigenvalue weighted by Gasteiger charge is -2.27. The van der Waals surface area contributed by atoms with E-state index < -0.39 is 9.96 Å². The summed E-state index contributed by atoms with van der Waals surface area (Å²) >= 11 is 23.1. The van der Waals surface area contributed by atoms with Gasteiger partial charge in [0.05, 0.1) is 0 Å². The third kappa shape index (κ3) is 9.50. The number of anilines is 1. The Balaban J connectivity index is 2.56. The zero-order chi connectivity index (χ0) is 18.9. The highest BCUT2D eigenvalue weighted by Gasteiger charge is 2.34. The Labute approximate surface area is 170 Å². The zero-order valence-electron chi connectivity index (χ0n) is 14.4. The molecule has 0 saturated heterocycles. The Morgan fingerprint density at radius 1 is 1.12 bits per heavy atom. The monoisotopic (exact) mass is 423 g/mol. The number of carbonyl (C=O) groups is 1. The van der Waals surface area contributed by atoms with Crippen molar-refractivity contribution < 1.29 is 4.79 Å². The van der Waals surface area contributed by atoms with Gasteiger partial charge in [0.1, 0.15) is 6.17 Å². The topological polar surface area (TPSA) is 53.2 Å². The molecule has 3 N–H and O–H groups in total. The van der Waals surface area contributed by atoms with E-state index in [1.807, 2.05) is 31.2 Å². The first-order valence-corrected chi connectivity index (χ1v) is 9.77. The second-order valence-corrected chi connectivity index (χ2v) is 8.59. The molecular weight excluding hydrogens is 401 g/mol. The lowest BCUT2D eigenvalue weighted by molar-refractivity contribution is -0.122. The number of rotatable bonds is 8. The van der Waals surface area contributed by atoms with Gasteiger partial charge >= 0.3 is 0 Å². The molecule has 0 aliphatic carbocycles. The quantitative estimate of drug-likeness (QED) is 0.236. The van der Waals surface area contributed by atoms with Gasteiger partial charge in [0.25, 0.3) is 0 Å². The number of halogens is 3. The fourth-order valence-electron chi connectivity index (χ4n) is 2.08. The molecule has 1 amide bonds. The molecule has 0 fully saturated rings. The summed E-state index contributed by atoms with van der Waals surface area (Å²) in [6.07, 6.45) is 3.48. The fraction of sp³-hybridized carbons (Fsp3) is 0.529. The SMILES string of the molecule is CCCCCCC(=O)N[C@@H](NC(=S)Nc1ccc(C)cc1)C(Cl)(Cl)Cl. The number of hydrogen-bond donors (Lipinski definition) is 3. The highest BCUT2D eigenvalue weighted by molar-refractivity contribution is 7.80. The van der Waals surface area contributed by atoms with Crippen molar-refractivity contribution in [2.24, 2.45) is 0 Å². The van der Waals surface area contributed by atoms with Crippen molar-refractivity contribution >= 4 is 63.7 Å². The van der Waals surface area contributed by atoms with Gasteiger partial charge in [0.2, 0.25) is 9.70 Å². The second kappa shape index (κ2) is 11.1. The van der Waals surface area contributed by atoms with Crippen LogP contribution in [0.25, 0.3) is 0 Å². The summed E-state index contributed by atoms with van der Waals surface area (Å²) in [5.74, 6) is -0.182. The van der Waals surface area contributed by atoms with Gasteiger partial charge < -0.3 is 16.0 Å². The molecule has 25 heavy (non-hydrogen) atoms. The minimum atomic E-state index is -1.74. The highest BCUT2D eigenvalue weighted by atomic mass is 35.6. The molecule has 1 atom stereocenters. The van der Waals surface area contributed by atoms with Gasteiger partial charge in [-0.15, -0.1) is 0 Å². The number of hydrogen-bond acceptors (Lipinski definition) is 2. The largest absolute Gasteiger partial charge is 0.339 e. The molecule has 1 aromatic carbocycles. The van der Waals surface area contributed by atoms with Gasteiger partial charge in [-0.3, -0.25) is 4.79 Å². The molecule has 0 radical (unpaired) electrons. The number of unbranched alkanes of at least 4 members (excludes halogenated alkanes) is 3. The van der Waals surface area contributed by atoms with Crippen LogP contribution in [0.3, 0.4) is 0 Å². The van der Waals surface area contributed by atoms with E-state index in [0.717, 1.165) is 36.9 Å². The molecule has 1 aromatic rings. The smallest absolute Gasteiger partial charge is 0.228 e. The Kier molecular flexibility index (Phi) is 9.87. The van der Waals surface area contributed by atoms with E-state index in [-0.39, 0.29) is 11.0 Å². The van der Waals surface area contributed by atoms with E-state index in [1.54, 1.807) is 0 Å². The van der Waals surface area contributed by atoms with E-state index in [4.69, 9.17) is 47.0 Å². The summed E-state index contributed by atoms with van der Waals surface area (Å²) < 4.78 is -1.74. The van der Waals surface area contributed by atoms with Gasteiger partial charge in [-0.25, -0.2) is 0 Å². The maximum Gasteiger partial charge on any atom is 0.228 e. The molecule has 0 heterocycles. The molecule has 0 unspecified atom stereocenters. The molecule has 0 spiro atoms. The van der Waals surface area contributed by atoms with Crippen LogP contribution in [0.4, 0.5) is 5.69 Å². The van der Waals surface area contributed by atoms with Gasteiger partial charge in [0.15, 0.2) is 5.11 Å². The van der Waals surface area contributed by atoms with Crippen molar-refractivity contribution in [1.29, 1.82) is 0 Å². The number of nitrogens with one attached hydrogen (secondary N) is 3. The van der Waals surface area contributed by atoms with Crippen LogP contribution in [0.1, 0.15) is 44.6 Å². The second-order valence-electron chi connectivity index (χ2n) is 5.82. The summed E-state index contributed by atoms with van der Waals surface area (Å²) in [6, 6.07) is 7.69. The van der Waals surface area contributed by atoms with E-state index in [0.29, 0.717) is 6.42 Å². The predicted molar refractivity (Wildman–Crippen MR) is 112 cm³/mol. The zero-order valence-corrected chi connectivity index (χ0v) is 17.5. The van der Waals surface area contributed by atoms with Crippen LogP contribution >= 0.6 is 47.0 Å². The number of thiocarbonyl (C=S) groups is 1. The summed E-state index contributed by atoms with van der Waals surface area (Å²) in [6.45, 7) is 4.11. The average molecular weight is 425 g/mol. The standard InChI is InChI=1S/C17H24Cl3N3OS/c1-3-4-5-6-7-14(24)22-15(17(18,19)20)23-16(25)21-13-10-8-12(2)9-11-13/h8-11,15H,3-7H2,1-2H3,(H,22,24)(H2,21,23,25)/t15-/m0/s1. The Morgan fingerprint density at radius 3 is 2.32 bits per heavy atom. The van der Waals surface area contributed by atoms with Gasteiger partial charge in [-0.2, -0.15) is 0 Å². The normalized spacial score (nSPS) is 12.4. The van der Waals surface area contributed by atoms with Crippen LogP contribution in [-0.2, 0) is 4.79 Å². The van der Waals surface area contributed by atoms with E-state index in [1.165, 1.54) is 0 Å². The van der Waals surface area contributed by atoms with Crippen molar-refractivity contribution in [3.8, 4) is 0 Å². The van der Waals surface area contributed by atoms with Crippen LogP contribution in [-0.4, -0.2) is 21.0 Å². The minimum Gasteiger partial charge on any atom is -0.339 e. The lowest BCUT2D eigenvalue weighted by Crippen LogP contribution is -2.56. The molecular formula is C17H24Cl3N3OS. The Hall–Kier alpha value is -0.750. The van der Waals surface area contributed by atoms with E-state index in [2.05, 4.69) is 22.9 Å². The third-order valence-electron chi connectivity index (χ3n) is 3.47. The first-order valence-electron chi connectivity index (χ1n) is 8.22. The summed E-state index contributed by atoms with van der Waals surface area (Å²) in [5.41, 5.74) is 1.94. The van der Waals surface area contributed by atoms with Crippen molar-refractivity contribution in [2.45, 2.75) is 55.9 Å². The molecule has 8 heteroatoms. The lowest BCUT2D eigenvalue weighted by atomic mass is 10.1. The number of aryl methyl sites for hydroxylation is 1. The van der Waals surface area contributed by atoms with Crippen LogP contribution in [0, 0.1) is 6.92 Å². The van der Waals surface area contributed by atoms with Crippen LogP contribution in [0.2, 0.25) is 0 Å². The van der Waals surface area contributed by atoms with Gasteiger partial charge in [0, 0.05) is 12.1 Å². The minimum absolute atomic E-state index is 0.182. The average Bonchev–Trinajstić information content (AvgIpc) is 2.52. The maximum absolute atomic E-state index is 12.0. The first-order chi connectivity index (χ1) is 11.7. The number of amides is 1. The maximum atomic E-state index is 12.0. The molecule has 0 saturated carbocycles. The fourth-order valence-corrected chi connectivity index (χ4v) is 2.64. The summed E-state index contributed by atoms with van der Waals surface area (Å²) in [4.78, 5) is 12.0. The van der Waals surface area contributed by atoms with Crippen LogP contribution in [0.15, 0.2) is 24.3 Å². The third-order valence-corrected chi connectivity index (χ3v) is 4.35. The molecule has 0 aliphatic rings. The molecule has 0 aromatic heterocycles. The van der Waals surface area contributed by atoms with Crippen LogP contribution < -0.4 is 16.0 Å². The van der Waals surface area contributed by atoms with Crippen molar-refractivity contribution in [3.05, 3.63) is 29.8 Å². The van der Waals surface area contributed by atoms with E-state index >= 15 is 0 Å². The van der Waals surface area contributed by atoms with Gasteiger partial charge in [-0.1, -0.05) is 78.7 Å². The number of alkyl halides is 3. The number of benzene rings is 1. The first kappa shape index (κ1) is 22.3. The highest BCUT2D eigenvalue weighted by Crippen LogP contribution is 2.29. The Bertz CT molecular complexity index is 561. The molecule has 4 nitrogen and oxygen atoms in total. The molecule has 140 valence electrons. The molecule has 1 rings (SSSR count). The van der Waals surface area contributed by atoms with Crippen molar-refractivity contribution in [2.75, 3.05) is 5.32 Å². The van der Waals surface area contributed by atoms with E-state index in [9.17, 15) is 4.79 Å². The molecule has 0 aliphatic heterocycles. The predicted octanol–water partition coefficient (Wildman–Crippen LogP) is 5.06. The van der Waals surface area contributed by atoms with Crippen molar-refractivity contribution in [3.63, 3.8) is 0 Å². The Morgan fingerprint density at radius 2 is 1.76 bits per heavy atom. The summed E-state index contributed by atoms with van der Waals surface area (Å²) in [7, 11) is 0. The molecule has 0 bridgehead atoms. The number of carbonyl (C=O) groups excluding carboxylic acids is 1. The van der Waals surface area contributed by atoms with Crippen molar-refractivity contribution in [1.82, 2.24) is 10.6 Å². The summed E-state index contributed by atoms with van der Waals surface area (Å²) in [5, 5.41) is 8.79. The van der Waals surface area contributed by atoms with Gasteiger partial charge in [-0.05, 0) is 37.7 Å².